The lowest BCUT2D eigenvalue weighted by Crippen LogP contribution is -2.24. The molecule has 0 spiro atoms. The Kier molecular flexibility index (Phi) is 9.93. The van der Waals surface area contributed by atoms with Gasteiger partial charge in [0.05, 0.1) is 11.0 Å². The minimum atomic E-state index is -0.869. The SMILES string of the molecule is CC(C)CC(C(=O)O)n1c(-c2ccc(O)cc2)nc2ccccc21.Cl.NC(=O)C1CCCCC1. The van der Waals surface area contributed by atoms with Crippen LogP contribution < -0.4 is 5.73 Å². The number of hydrogen-bond donors (Lipinski definition) is 3. The largest absolute Gasteiger partial charge is 0.508 e. The van der Waals surface area contributed by atoms with Gasteiger partial charge in [-0.15, -0.1) is 12.4 Å². The summed E-state index contributed by atoms with van der Waals surface area (Å²) in [6.07, 6.45) is 6.22. The zero-order chi connectivity index (χ0) is 24.0. The Morgan fingerprint density at radius 1 is 1.06 bits per heavy atom. The van der Waals surface area contributed by atoms with E-state index in [0.717, 1.165) is 29.4 Å². The monoisotopic (exact) mass is 487 g/mol. The fraction of sp³-hybridized carbons (Fsp3) is 0.423. The molecule has 0 aliphatic heterocycles. The molecule has 34 heavy (non-hydrogen) atoms. The van der Waals surface area contributed by atoms with Gasteiger partial charge in [-0.1, -0.05) is 45.2 Å². The van der Waals surface area contributed by atoms with Crippen molar-refractivity contribution in [1.82, 2.24) is 9.55 Å². The van der Waals surface area contributed by atoms with E-state index in [0.29, 0.717) is 12.2 Å². The Balaban J connectivity index is 0.000000345. The number of phenols is 1. The molecule has 3 aromatic rings. The first-order valence-corrected chi connectivity index (χ1v) is 11.6. The predicted octanol–water partition coefficient (Wildman–Crippen LogP) is 5.55. The summed E-state index contributed by atoms with van der Waals surface area (Å²) in [7, 11) is 0. The second-order valence-corrected chi connectivity index (χ2v) is 9.06. The van der Waals surface area contributed by atoms with Crippen molar-refractivity contribution in [2.24, 2.45) is 17.6 Å². The van der Waals surface area contributed by atoms with E-state index in [1.807, 2.05) is 38.1 Å². The van der Waals surface area contributed by atoms with Crippen LogP contribution in [0.5, 0.6) is 5.75 Å². The maximum absolute atomic E-state index is 11.9. The van der Waals surface area contributed by atoms with E-state index in [-0.39, 0.29) is 35.9 Å². The molecule has 2 aromatic carbocycles. The van der Waals surface area contributed by atoms with Crippen molar-refractivity contribution < 1.29 is 19.8 Å². The molecule has 1 fully saturated rings. The first-order chi connectivity index (χ1) is 15.8. The number of carbonyl (C=O) groups excluding carboxylic acids is 1. The summed E-state index contributed by atoms with van der Waals surface area (Å²) in [5.74, 6) is 0.225. The zero-order valence-electron chi connectivity index (χ0n) is 19.7. The first-order valence-electron chi connectivity index (χ1n) is 11.6. The van der Waals surface area contributed by atoms with Crippen LogP contribution >= 0.6 is 12.4 Å². The third-order valence-electron chi connectivity index (χ3n) is 6.02. The number of carbonyl (C=O) groups is 2. The van der Waals surface area contributed by atoms with Gasteiger partial charge in [0.1, 0.15) is 17.6 Å². The topological polar surface area (TPSA) is 118 Å². The number of rotatable bonds is 6. The fourth-order valence-electron chi connectivity index (χ4n) is 4.32. The third kappa shape index (κ3) is 6.73. The average Bonchev–Trinajstić information content (AvgIpc) is 3.18. The number of nitrogens with zero attached hydrogens (tertiary/aromatic N) is 2. The summed E-state index contributed by atoms with van der Waals surface area (Å²) < 4.78 is 1.80. The fourth-order valence-corrected chi connectivity index (χ4v) is 4.32. The van der Waals surface area contributed by atoms with Crippen molar-refractivity contribution in [1.29, 1.82) is 0 Å². The predicted molar refractivity (Wildman–Crippen MR) is 136 cm³/mol. The van der Waals surface area contributed by atoms with E-state index in [4.69, 9.17) is 5.73 Å². The lowest BCUT2D eigenvalue weighted by Gasteiger charge is -2.20. The number of benzene rings is 2. The van der Waals surface area contributed by atoms with Crippen LogP contribution in [0.15, 0.2) is 48.5 Å². The van der Waals surface area contributed by atoms with E-state index >= 15 is 0 Å². The number of imidazole rings is 1. The summed E-state index contributed by atoms with van der Waals surface area (Å²) in [4.78, 5) is 27.1. The van der Waals surface area contributed by atoms with Gasteiger partial charge in [0.15, 0.2) is 0 Å². The molecule has 184 valence electrons. The van der Waals surface area contributed by atoms with Gasteiger partial charge >= 0.3 is 5.97 Å². The third-order valence-corrected chi connectivity index (χ3v) is 6.02. The van der Waals surface area contributed by atoms with Crippen molar-refractivity contribution in [3.63, 3.8) is 0 Å². The van der Waals surface area contributed by atoms with Gasteiger partial charge in [-0.2, -0.15) is 0 Å². The number of primary amides is 1. The number of carboxylic acid groups (broad SMARTS) is 1. The van der Waals surface area contributed by atoms with Crippen molar-refractivity contribution >= 4 is 35.3 Å². The Bertz CT molecular complexity index is 1090. The van der Waals surface area contributed by atoms with Crippen LogP contribution in [0.2, 0.25) is 0 Å². The number of nitrogens with two attached hydrogens (primary N) is 1. The molecule has 1 aliphatic rings. The van der Waals surface area contributed by atoms with Gasteiger partial charge < -0.3 is 20.5 Å². The van der Waals surface area contributed by atoms with Crippen LogP contribution in [0.3, 0.4) is 0 Å². The second kappa shape index (κ2) is 12.4. The zero-order valence-corrected chi connectivity index (χ0v) is 20.5. The number of aliphatic carboxylic acids is 1. The van der Waals surface area contributed by atoms with Crippen molar-refractivity contribution in [3.8, 4) is 17.1 Å². The van der Waals surface area contributed by atoms with E-state index in [1.54, 1.807) is 28.8 Å². The molecule has 1 unspecified atom stereocenters. The highest BCUT2D eigenvalue weighted by Gasteiger charge is 2.26. The van der Waals surface area contributed by atoms with Crippen LogP contribution in [-0.4, -0.2) is 31.6 Å². The molecular formula is C26H34ClN3O4. The molecule has 4 N–H and O–H groups in total. The molecule has 1 heterocycles. The van der Waals surface area contributed by atoms with E-state index < -0.39 is 12.0 Å². The quantitative estimate of drug-likeness (QED) is 0.421. The van der Waals surface area contributed by atoms with Gasteiger partial charge in [0.2, 0.25) is 5.91 Å². The Morgan fingerprint density at radius 3 is 2.21 bits per heavy atom. The molecule has 7 nitrogen and oxygen atoms in total. The molecule has 4 rings (SSSR count). The number of fused-ring (bicyclic) bond motifs is 1. The highest BCUT2D eigenvalue weighted by molar-refractivity contribution is 5.85. The molecule has 1 aliphatic carbocycles. The van der Waals surface area contributed by atoms with Crippen LogP contribution in [0, 0.1) is 11.8 Å². The number of halogens is 1. The standard InChI is InChI=1S/C19H20N2O3.C7H13NO.ClH/c1-12(2)11-17(19(23)24)21-16-6-4-3-5-15(16)20-18(21)13-7-9-14(22)10-8-13;8-7(9)6-4-2-1-3-5-6;/h3-10,12,17,22H,11H2,1-2H3,(H,23,24);6H,1-5H2,(H2,8,9);1H. The van der Waals surface area contributed by atoms with Crippen LogP contribution in [0.1, 0.15) is 58.4 Å². The number of amides is 1. The molecule has 8 heteroatoms. The molecule has 0 bridgehead atoms. The number of aromatic hydroxyl groups is 1. The van der Waals surface area contributed by atoms with Gasteiger partial charge in [0, 0.05) is 11.5 Å². The molecule has 1 amide bonds. The Labute approximate surface area is 206 Å². The Morgan fingerprint density at radius 2 is 1.68 bits per heavy atom. The molecule has 1 atom stereocenters. The number of phenolic OH excluding ortho intramolecular Hbond substituents is 1. The highest BCUT2D eigenvalue weighted by Crippen LogP contribution is 2.32. The van der Waals surface area contributed by atoms with Crippen LogP contribution in [0.25, 0.3) is 22.4 Å². The van der Waals surface area contributed by atoms with Crippen molar-refractivity contribution in [3.05, 3.63) is 48.5 Å². The molecule has 0 saturated heterocycles. The van der Waals surface area contributed by atoms with Crippen molar-refractivity contribution in [2.45, 2.75) is 58.4 Å². The van der Waals surface area contributed by atoms with Crippen LogP contribution in [-0.2, 0) is 9.59 Å². The van der Waals surface area contributed by atoms with Gasteiger partial charge in [0.25, 0.3) is 0 Å². The molecule has 1 aromatic heterocycles. The normalized spacial score (nSPS) is 14.7. The summed E-state index contributed by atoms with van der Waals surface area (Å²) in [5, 5.41) is 19.3. The number of aromatic nitrogens is 2. The summed E-state index contributed by atoms with van der Waals surface area (Å²) >= 11 is 0. The molecule has 0 radical (unpaired) electrons. The lowest BCUT2D eigenvalue weighted by atomic mass is 9.89. The minimum absolute atomic E-state index is 0. The van der Waals surface area contributed by atoms with Crippen molar-refractivity contribution in [2.75, 3.05) is 0 Å². The summed E-state index contributed by atoms with van der Waals surface area (Å²) in [6, 6.07) is 13.5. The molecule has 1 saturated carbocycles. The van der Waals surface area contributed by atoms with E-state index in [1.165, 1.54) is 19.3 Å². The smallest absolute Gasteiger partial charge is 0.326 e. The Hall–Kier alpha value is -3.06. The maximum Gasteiger partial charge on any atom is 0.326 e. The average molecular weight is 488 g/mol. The minimum Gasteiger partial charge on any atom is -0.508 e. The van der Waals surface area contributed by atoms with E-state index in [9.17, 15) is 19.8 Å². The number of hydrogen-bond acceptors (Lipinski definition) is 4. The maximum atomic E-state index is 11.9. The number of carboxylic acids is 1. The second-order valence-electron chi connectivity index (χ2n) is 9.06. The summed E-state index contributed by atoms with van der Waals surface area (Å²) in [5.41, 5.74) is 7.46. The van der Waals surface area contributed by atoms with Gasteiger partial charge in [-0.05, 0) is 61.6 Å². The first kappa shape index (κ1) is 27.2. The highest BCUT2D eigenvalue weighted by atomic mass is 35.5. The van der Waals surface area contributed by atoms with Gasteiger partial charge in [-0.25, -0.2) is 9.78 Å². The lowest BCUT2D eigenvalue weighted by molar-refractivity contribution is -0.141. The molecular weight excluding hydrogens is 454 g/mol. The van der Waals surface area contributed by atoms with E-state index in [2.05, 4.69) is 4.98 Å². The van der Waals surface area contributed by atoms with Crippen LogP contribution in [0.4, 0.5) is 0 Å². The summed E-state index contributed by atoms with van der Waals surface area (Å²) in [6.45, 7) is 4.02. The van der Waals surface area contributed by atoms with Gasteiger partial charge in [-0.3, -0.25) is 4.79 Å². The number of para-hydroxylation sites is 2.